The summed E-state index contributed by atoms with van der Waals surface area (Å²) in [4.78, 5) is 1.87. The molecule has 1 aromatic carbocycles. The van der Waals surface area contributed by atoms with Gasteiger partial charge in [0.2, 0.25) is 5.89 Å². The number of nitrogens with zero attached hydrogens (tertiary/aromatic N) is 3. The highest BCUT2D eigenvalue weighted by molar-refractivity contribution is 6.31. The Bertz CT molecular complexity index is 530. The van der Waals surface area contributed by atoms with Gasteiger partial charge in [0.05, 0.1) is 6.04 Å². The van der Waals surface area contributed by atoms with E-state index < -0.39 is 0 Å². The summed E-state index contributed by atoms with van der Waals surface area (Å²) in [7, 11) is 1.87. The van der Waals surface area contributed by atoms with Crippen LogP contribution in [0, 0.1) is 0 Å². The summed E-state index contributed by atoms with van der Waals surface area (Å²) in [6.07, 6.45) is 0. The molecule has 18 heavy (non-hydrogen) atoms. The number of anilines is 1. The highest BCUT2D eigenvalue weighted by Gasteiger charge is 2.19. The highest BCUT2D eigenvalue weighted by atomic mass is 35.5. The van der Waals surface area contributed by atoms with E-state index in [-0.39, 0.29) is 11.9 Å². The second-order valence-electron chi connectivity index (χ2n) is 3.92. The summed E-state index contributed by atoms with van der Waals surface area (Å²) in [5.41, 5.74) is 1.01. The zero-order chi connectivity index (χ0) is 13.1. The molecular weight excluding hydrogens is 273 g/mol. The van der Waals surface area contributed by atoms with Crippen molar-refractivity contribution in [2.24, 2.45) is 0 Å². The first-order valence-electron chi connectivity index (χ1n) is 5.49. The lowest BCUT2D eigenvalue weighted by Crippen LogP contribution is -2.22. The Labute approximate surface area is 116 Å². The molecule has 0 amide bonds. The first-order chi connectivity index (χ1) is 8.63. The van der Waals surface area contributed by atoms with Crippen LogP contribution in [0.5, 0.6) is 0 Å². The highest BCUT2D eigenvalue weighted by Crippen LogP contribution is 2.29. The molecule has 1 heterocycles. The number of hydrogen-bond acceptors (Lipinski definition) is 4. The lowest BCUT2D eigenvalue weighted by Gasteiger charge is -2.23. The Balaban J connectivity index is 2.23. The molecule has 0 radical (unpaired) electrons. The lowest BCUT2D eigenvalue weighted by molar-refractivity contribution is 0.494. The summed E-state index contributed by atoms with van der Waals surface area (Å²) in [6, 6.07) is 8.14. The summed E-state index contributed by atoms with van der Waals surface area (Å²) >= 11 is 11.8. The van der Waals surface area contributed by atoms with E-state index in [1.165, 1.54) is 0 Å². The van der Waals surface area contributed by atoms with E-state index in [2.05, 4.69) is 10.2 Å². The molecule has 6 heteroatoms. The number of aromatic nitrogens is 2. The molecule has 0 aliphatic carbocycles. The average molecular weight is 286 g/mol. The monoisotopic (exact) mass is 285 g/mol. The number of benzene rings is 1. The van der Waals surface area contributed by atoms with Crippen molar-refractivity contribution in [3.05, 3.63) is 40.7 Å². The second-order valence-corrected chi connectivity index (χ2v) is 4.59. The molecule has 0 aliphatic rings. The SMILES string of the molecule is CC(c1ccccc1Cl)N(C)c1nnc(CCl)o1. The van der Waals surface area contributed by atoms with Crippen LogP contribution >= 0.6 is 23.2 Å². The van der Waals surface area contributed by atoms with Gasteiger partial charge in [0.25, 0.3) is 0 Å². The van der Waals surface area contributed by atoms with Gasteiger partial charge in [-0.15, -0.1) is 16.7 Å². The fourth-order valence-electron chi connectivity index (χ4n) is 1.63. The maximum absolute atomic E-state index is 6.17. The lowest BCUT2D eigenvalue weighted by atomic mass is 10.1. The summed E-state index contributed by atoms with van der Waals surface area (Å²) in [5.74, 6) is 0.617. The minimum Gasteiger partial charge on any atom is -0.407 e. The van der Waals surface area contributed by atoms with Gasteiger partial charge in [-0.05, 0) is 18.6 Å². The molecule has 0 N–H and O–H groups in total. The first-order valence-corrected chi connectivity index (χ1v) is 6.40. The van der Waals surface area contributed by atoms with Crippen LogP contribution in [-0.4, -0.2) is 17.2 Å². The van der Waals surface area contributed by atoms with Crippen molar-refractivity contribution in [3.8, 4) is 0 Å². The molecule has 2 rings (SSSR count). The number of halogens is 2. The largest absolute Gasteiger partial charge is 0.407 e. The molecule has 0 fully saturated rings. The van der Waals surface area contributed by atoms with Crippen LogP contribution in [-0.2, 0) is 5.88 Å². The van der Waals surface area contributed by atoms with E-state index >= 15 is 0 Å². The van der Waals surface area contributed by atoms with E-state index in [9.17, 15) is 0 Å². The predicted octanol–water partition coefficient (Wildman–Crippen LogP) is 3.66. The van der Waals surface area contributed by atoms with Crippen LogP contribution < -0.4 is 4.90 Å². The topological polar surface area (TPSA) is 42.2 Å². The molecule has 0 saturated heterocycles. The van der Waals surface area contributed by atoms with E-state index in [4.69, 9.17) is 27.6 Å². The number of alkyl halides is 1. The van der Waals surface area contributed by atoms with Crippen LogP contribution in [0.15, 0.2) is 28.7 Å². The molecule has 1 unspecified atom stereocenters. The van der Waals surface area contributed by atoms with Crippen molar-refractivity contribution in [2.75, 3.05) is 11.9 Å². The van der Waals surface area contributed by atoms with Gasteiger partial charge in [-0.25, -0.2) is 0 Å². The van der Waals surface area contributed by atoms with Gasteiger partial charge in [0, 0.05) is 12.1 Å². The third kappa shape index (κ3) is 2.60. The van der Waals surface area contributed by atoms with Crippen LogP contribution in [0.2, 0.25) is 5.02 Å². The van der Waals surface area contributed by atoms with Gasteiger partial charge in [-0.3, -0.25) is 0 Å². The Morgan fingerprint density at radius 3 is 2.67 bits per heavy atom. The van der Waals surface area contributed by atoms with E-state index in [0.717, 1.165) is 5.56 Å². The molecule has 0 spiro atoms. The quantitative estimate of drug-likeness (QED) is 0.804. The van der Waals surface area contributed by atoms with E-state index in [1.54, 1.807) is 0 Å². The van der Waals surface area contributed by atoms with Gasteiger partial charge in [0.15, 0.2) is 0 Å². The third-order valence-electron chi connectivity index (χ3n) is 2.81. The number of rotatable bonds is 4. The summed E-state index contributed by atoms with van der Waals surface area (Å²) < 4.78 is 5.41. The van der Waals surface area contributed by atoms with E-state index in [0.29, 0.717) is 16.9 Å². The second kappa shape index (κ2) is 5.59. The molecular formula is C12H13Cl2N3O. The Morgan fingerprint density at radius 2 is 2.06 bits per heavy atom. The van der Waals surface area contributed by atoms with Gasteiger partial charge >= 0.3 is 6.01 Å². The Hall–Kier alpha value is -1.26. The Morgan fingerprint density at radius 1 is 1.33 bits per heavy atom. The normalized spacial score (nSPS) is 12.4. The van der Waals surface area contributed by atoms with Gasteiger partial charge in [-0.2, -0.15) is 0 Å². The van der Waals surface area contributed by atoms with Crippen LogP contribution in [0.4, 0.5) is 6.01 Å². The van der Waals surface area contributed by atoms with Crippen LogP contribution in [0.25, 0.3) is 0 Å². The molecule has 96 valence electrons. The minimum atomic E-state index is 0.0299. The van der Waals surface area contributed by atoms with Crippen molar-refractivity contribution in [1.82, 2.24) is 10.2 Å². The Kier molecular flexibility index (Phi) is 4.09. The molecule has 2 aromatic rings. The molecule has 1 atom stereocenters. The van der Waals surface area contributed by atoms with Gasteiger partial charge < -0.3 is 9.32 Å². The van der Waals surface area contributed by atoms with Crippen molar-refractivity contribution in [3.63, 3.8) is 0 Å². The molecule has 4 nitrogen and oxygen atoms in total. The van der Waals surface area contributed by atoms with Crippen molar-refractivity contribution in [2.45, 2.75) is 18.8 Å². The smallest absolute Gasteiger partial charge is 0.318 e. The molecule has 0 aliphatic heterocycles. The standard InChI is InChI=1S/C12H13Cl2N3O/c1-8(9-5-3-4-6-10(9)14)17(2)12-16-15-11(7-13)18-12/h3-6,8H,7H2,1-2H3. The van der Waals surface area contributed by atoms with Crippen LogP contribution in [0.3, 0.4) is 0 Å². The van der Waals surface area contributed by atoms with Crippen molar-refractivity contribution >= 4 is 29.2 Å². The zero-order valence-corrected chi connectivity index (χ0v) is 11.6. The van der Waals surface area contributed by atoms with Crippen LogP contribution in [0.1, 0.15) is 24.4 Å². The fourth-order valence-corrected chi connectivity index (χ4v) is 2.03. The minimum absolute atomic E-state index is 0.0299. The van der Waals surface area contributed by atoms with Gasteiger partial charge in [0.1, 0.15) is 5.88 Å². The van der Waals surface area contributed by atoms with Crippen molar-refractivity contribution in [1.29, 1.82) is 0 Å². The zero-order valence-electron chi connectivity index (χ0n) is 10.1. The average Bonchev–Trinajstić information content (AvgIpc) is 2.86. The molecule has 0 bridgehead atoms. The number of hydrogen-bond donors (Lipinski definition) is 0. The maximum Gasteiger partial charge on any atom is 0.318 e. The molecule has 0 saturated carbocycles. The predicted molar refractivity (Wildman–Crippen MR) is 72.1 cm³/mol. The maximum atomic E-state index is 6.17. The molecule has 1 aromatic heterocycles. The summed E-state index contributed by atoms with van der Waals surface area (Å²) in [5, 5.41) is 8.49. The van der Waals surface area contributed by atoms with Crippen molar-refractivity contribution < 1.29 is 4.42 Å². The summed E-state index contributed by atoms with van der Waals surface area (Å²) in [6.45, 7) is 2.02. The fraction of sp³-hybridized carbons (Fsp3) is 0.333. The van der Waals surface area contributed by atoms with Gasteiger partial charge in [-0.1, -0.05) is 34.9 Å². The third-order valence-corrected chi connectivity index (χ3v) is 3.38. The van der Waals surface area contributed by atoms with E-state index in [1.807, 2.05) is 43.1 Å². The first kappa shape index (κ1) is 13.2.